The minimum atomic E-state index is -0.838. The van der Waals surface area contributed by atoms with Gasteiger partial charge in [0.1, 0.15) is 17.6 Å². The topological polar surface area (TPSA) is 141 Å². The number of imidazole rings is 1. The fourth-order valence-corrected chi connectivity index (χ4v) is 5.48. The van der Waals surface area contributed by atoms with Gasteiger partial charge < -0.3 is 25.8 Å². The zero-order valence-corrected chi connectivity index (χ0v) is 25.8. The molecule has 3 heterocycles. The van der Waals surface area contributed by atoms with Gasteiger partial charge in [-0.05, 0) is 49.1 Å². The Labute approximate surface area is 256 Å². The zero-order chi connectivity index (χ0) is 32.0. The predicted octanol–water partition coefficient (Wildman–Crippen LogP) is 1.41. The Hall–Kier alpha value is -4.39. The van der Waals surface area contributed by atoms with Crippen molar-refractivity contribution in [3.63, 3.8) is 0 Å². The summed E-state index contributed by atoms with van der Waals surface area (Å²) in [4.78, 5) is 64.6. The highest BCUT2D eigenvalue weighted by molar-refractivity contribution is 5.93. The number of nitrogens with one attached hydrogen (secondary N) is 3. The van der Waals surface area contributed by atoms with Gasteiger partial charge in [0.2, 0.25) is 23.5 Å². The van der Waals surface area contributed by atoms with E-state index in [1.165, 1.54) is 19.1 Å². The molecule has 1 fully saturated rings. The molecule has 0 aliphatic carbocycles. The van der Waals surface area contributed by atoms with Gasteiger partial charge in [0.25, 0.3) is 5.91 Å². The van der Waals surface area contributed by atoms with Crippen molar-refractivity contribution in [3.05, 3.63) is 66.0 Å². The number of aromatic nitrogens is 3. The van der Waals surface area contributed by atoms with Crippen molar-refractivity contribution < 1.29 is 23.6 Å². The highest BCUT2D eigenvalue weighted by Gasteiger charge is 2.43. The van der Waals surface area contributed by atoms with E-state index in [0.29, 0.717) is 18.6 Å². The van der Waals surface area contributed by atoms with E-state index < -0.39 is 17.5 Å². The number of rotatable bonds is 11. The van der Waals surface area contributed by atoms with Gasteiger partial charge in [-0.1, -0.05) is 32.9 Å². The van der Waals surface area contributed by atoms with E-state index >= 15 is 0 Å². The minimum absolute atomic E-state index is 0.0529. The number of likely N-dealkylation sites (N-methyl/N-ethyl adjacent to an activating group) is 1. The lowest BCUT2D eigenvalue weighted by Gasteiger charge is -2.37. The van der Waals surface area contributed by atoms with Gasteiger partial charge in [0.15, 0.2) is 0 Å². The van der Waals surface area contributed by atoms with Crippen LogP contribution in [0.4, 0.5) is 4.39 Å². The number of halogens is 1. The number of hydrogen-bond donors (Lipinski definition) is 3. The van der Waals surface area contributed by atoms with E-state index in [1.54, 1.807) is 58.0 Å². The lowest BCUT2D eigenvalue weighted by atomic mass is 9.85. The molecule has 13 heteroatoms. The van der Waals surface area contributed by atoms with Crippen LogP contribution in [0.2, 0.25) is 0 Å². The third kappa shape index (κ3) is 8.16. The Kier molecular flexibility index (Phi) is 10.3. The van der Waals surface area contributed by atoms with Crippen LogP contribution >= 0.6 is 0 Å². The number of likely N-dealkylation sites (tertiary alicyclic amines) is 1. The predicted molar refractivity (Wildman–Crippen MR) is 162 cm³/mol. The SMILES string of the molecule is CNCC(=O)NC(C(=O)N1CC(NC(C)=O)CC1CN(CCc1ccc(F)cc1)C(=O)c1cn2cccnc2n1)C(C)(C)C. The summed E-state index contributed by atoms with van der Waals surface area (Å²) in [5.41, 5.74) is 0.430. The first-order valence-corrected chi connectivity index (χ1v) is 14.7. The molecule has 44 heavy (non-hydrogen) atoms. The van der Waals surface area contributed by atoms with E-state index in [4.69, 9.17) is 0 Å². The zero-order valence-electron chi connectivity index (χ0n) is 25.8. The quantitative estimate of drug-likeness (QED) is 0.299. The number of hydrogen-bond acceptors (Lipinski definition) is 7. The van der Waals surface area contributed by atoms with Gasteiger partial charge in [0.05, 0.1) is 12.6 Å². The van der Waals surface area contributed by atoms with Crippen LogP contribution < -0.4 is 16.0 Å². The van der Waals surface area contributed by atoms with Crippen molar-refractivity contribution >= 4 is 29.4 Å². The smallest absolute Gasteiger partial charge is 0.274 e. The summed E-state index contributed by atoms with van der Waals surface area (Å²) in [6, 6.07) is 6.20. The Morgan fingerprint density at radius 1 is 1.16 bits per heavy atom. The second kappa shape index (κ2) is 13.9. The monoisotopic (exact) mass is 608 g/mol. The number of carbonyl (C=O) groups excluding carboxylic acids is 4. The van der Waals surface area contributed by atoms with E-state index in [9.17, 15) is 23.6 Å². The standard InChI is InChI=1S/C31H41FN8O4/c1-20(41)35-23-15-24(40(17-23)29(44)27(31(2,3)4)37-26(42)16-33-5)18-38(14-11-21-7-9-22(32)10-8-21)28(43)25-19-39-13-6-12-34-30(39)36-25/h6-10,12-13,19,23-24,27,33H,11,14-18H2,1-5H3,(H,35,41)(H,37,42). The third-order valence-corrected chi connectivity index (χ3v) is 7.62. The second-order valence-electron chi connectivity index (χ2n) is 12.3. The molecule has 1 aliphatic rings. The minimum Gasteiger partial charge on any atom is -0.352 e. The van der Waals surface area contributed by atoms with Gasteiger partial charge in [-0.15, -0.1) is 0 Å². The summed E-state index contributed by atoms with van der Waals surface area (Å²) in [5.74, 6) is -1.14. The van der Waals surface area contributed by atoms with Gasteiger partial charge in [-0.25, -0.2) is 14.4 Å². The highest BCUT2D eigenvalue weighted by atomic mass is 19.1. The first-order valence-electron chi connectivity index (χ1n) is 14.7. The van der Waals surface area contributed by atoms with Gasteiger partial charge >= 0.3 is 0 Å². The maximum Gasteiger partial charge on any atom is 0.274 e. The molecule has 3 aromatic rings. The van der Waals surface area contributed by atoms with Gasteiger partial charge in [0, 0.05) is 51.2 Å². The van der Waals surface area contributed by atoms with Crippen LogP contribution in [-0.2, 0) is 20.8 Å². The molecule has 1 aromatic carbocycles. The van der Waals surface area contributed by atoms with Crippen LogP contribution in [0.15, 0.2) is 48.9 Å². The van der Waals surface area contributed by atoms with Crippen molar-refractivity contribution in [3.8, 4) is 0 Å². The lowest BCUT2D eigenvalue weighted by Crippen LogP contribution is -2.58. The van der Waals surface area contributed by atoms with Crippen molar-refractivity contribution in [2.24, 2.45) is 5.41 Å². The molecule has 0 radical (unpaired) electrons. The second-order valence-corrected chi connectivity index (χ2v) is 12.3. The van der Waals surface area contributed by atoms with Crippen LogP contribution in [0, 0.1) is 11.2 Å². The highest BCUT2D eigenvalue weighted by Crippen LogP contribution is 2.27. The maximum atomic E-state index is 14.1. The molecule has 4 rings (SSSR count). The van der Waals surface area contributed by atoms with Crippen molar-refractivity contribution in [1.29, 1.82) is 0 Å². The Balaban J connectivity index is 1.64. The summed E-state index contributed by atoms with van der Waals surface area (Å²) in [5, 5.41) is 8.59. The molecule has 3 unspecified atom stereocenters. The molecule has 0 bridgehead atoms. The number of carbonyl (C=O) groups is 4. The third-order valence-electron chi connectivity index (χ3n) is 7.62. The molecule has 1 saturated heterocycles. The van der Waals surface area contributed by atoms with Crippen LogP contribution in [0.5, 0.6) is 0 Å². The first-order chi connectivity index (χ1) is 20.8. The molecular weight excluding hydrogens is 567 g/mol. The molecule has 3 N–H and O–H groups in total. The average Bonchev–Trinajstić information content (AvgIpc) is 3.57. The average molecular weight is 609 g/mol. The molecule has 1 aliphatic heterocycles. The van der Waals surface area contributed by atoms with Crippen LogP contribution in [-0.4, -0.2) is 99.1 Å². The van der Waals surface area contributed by atoms with Crippen molar-refractivity contribution in [2.45, 2.75) is 58.7 Å². The van der Waals surface area contributed by atoms with E-state index in [-0.39, 0.29) is 67.4 Å². The number of amides is 4. The normalized spacial score (nSPS) is 17.4. The summed E-state index contributed by atoms with van der Waals surface area (Å²) in [7, 11) is 1.65. The summed E-state index contributed by atoms with van der Waals surface area (Å²) in [6.45, 7) is 7.77. The van der Waals surface area contributed by atoms with E-state index in [1.807, 2.05) is 20.8 Å². The number of fused-ring (bicyclic) bond motifs is 1. The fraction of sp³-hybridized carbons (Fsp3) is 0.484. The molecule has 236 valence electrons. The molecule has 3 atom stereocenters. The molecule has 12 nitrogen and oxygen atoms in total. The fourth-order valence-electron chi connectivity index (χ4n) is 5.48. The number of benzene rings is 1. The maximum absolute atomic E-state index is 14.1. The van der Waals surface area contributed by atoms with Gasteiger partial charge in [-0.3, -0.25) is 23.6 Å². The van der Waals surface area contributed by atoms with Crippen LogP contribution in [0.25, 0.3) is 5.78 Å². The Morgan fingerprint density at radius 3 is 2.52 bits per heavy atom. The molecule has 4 amide bonds. The summed E-state index contributed by atoms with van der Waals surface area (Å²) < 4.78 is 15.2. The van der Waals surface area contributed by atoms with E-state index in [0.717, 1.165) is 5.56 Å². The number of nitrogens with zero attached hydrogens (tertiary/aromatic N) is 5. The van der Waals surface area contributed by atoms with Crippen LogP contribution in [0.1, 0.15) is 50.2 Å². The largest absolute Gasteiger partial charge is 0.352 e. The van der Waals surface area contributed by atoms with Crippen molar-refractivity contribution in [2.75, 3.05) is 33.2 Å². The Morgan fingerprint density at radius 2 is 1.89 bits per heavy atom. The summed E-state index contributed by atoms with van der Waals surface area (Å²) in [6.07, 6.45) is 5.81. The Bertz CT molecular complexity index is 1450. The van der Waals surface area contributed by atoms with E-state index in [2.05, 4.69) is 25.9 Å². The molecule has 2 aromatic heterocycles. The lowest BCUT2D eigenvalue weighted by molar-refractivity contribution is -0.140. The summed E-state index contributed by atoms with van der Waals surface area (Å²) >= 11 is 0. The molecule has 0 spiro atoms. The molecule has 0 saturated carbocycles. The first kappa shape index (κ1) is 32.5. The van der Waals surface area contributed by atoms with Crippen molar-refractivity contribution in [1.82, 2.24) is 40.1 Å². The molecular formula is C31H41FN8O4. The van der Waals surface area contributed by atoms with Gasteiger partial charge in [-0.2, -0.15) is 0 Å². The van der Waals surface area contributed by atoms with Crippen LogP contribution in [0.3, 0.4) is 0 Å².